The molecule has 86 valence electrons. The summed E-state index contributed by atoms with van der Waals surface area (Å²) in [5.74, 6) is -0.777. The number of hydrogen-bond acceptors (Lipinski definition) is 5. The van der Waals surface area contributed by atoms with E-state index in [4.69, 9.17) is 9.84 Å². The zero-order chi connectivity index (χ0) is 11.0. The molecule has 0 fully saturated rings. The zero-order valence-corrected chi connectivity index (χ0v) is 12.1. The molecule has 0 aromatic rings. The second kappa shape index (κ2) is 10.0. The summed E-state index contributed by atoms with van der Waals surface area (Å²) in [6, 6.07) is 0. The van der Waals surface area contributed by atoms with Crippen LogP contribution in [0.1, 0.15) is 26.2 Å². The van der Waals surface area contributed by atoms with Gasteiger partial charge in [-0.05, 0) is 6.42 Å². The Labute approximate surface area is 113 Å². The molecule has 0 aliphatic heterocycles. The maximum atomic E-state index is 10.2. The van der Waals surface area contributed by atoms with Gasteiger partial charge in [0.05, 0.1) is 28.6 Å². The summed E-state index contributed by atoms with van der Waals surface area (Å²) in [5, 5.41) is 9.04. The maximum absolute atomic E-state index is 10.2. The van der Waals surface area contributed by atoms with Crippen LogP contribution in [0.2, 0.25) is 0 Å². The molecule has 5 nitrogen and oxygen atoms in total. The molecular weight excluding hydrogens is 231 g/mol. The molecule has 0 bridgehead atoms. The average Bonchev–Trinajstić information content (AvgIpc) is 2.00. The average molecular weight is 248 g/mol. The van der Waals surface area contributed by atoms with Crippen molar-refractivity contribution in [1.29, 1.82) is 0 Å². The van der Waals surface area contributed by atoms with E-state index in [0.717, 1.165) is 19.3 Å². The molecule has 1 atom stereocenters. The number of aliphatic hydroxyl groups is 1. The van der Waals surface area contributed by atoms with Crippen molar-refractivity contribution < 1.29 is 52.4 Å². The number of rotatable bonds is 8. The summed E-state index contributed by atoms with van der Waals surface area (Å²) >= 11 is 0. The number of aliphatic hydroxyl groups excluding tert-OH is 1. The van der Waals surface area contributed by atoms with Crippen molar-refractivity contribution in [2.75, 3.05) is 19.0 Å². The van der Waals surface area contributed by atoms with Gasteiger partial charge >= 0.3 is 29.6 Å². The van der Waals surface area contributed by atoms with E-state index in [1.165, 1.54) is 0 Å². The van der Waals surface area contributed by atoms with Gasteiger partial charge in [0, 0.05) is 6.61 Å². The molecule has 0 aliphatic carbocycles. The van der Waals surface area contributed by atoms with E-state index in [1.54, 1.807) is 0 Å². The first-order chi connectivity index (χ1) is 6.45. The molecular formula is C8H17NaO5S. The summed E-state index contributed by atoms with van der Waals surface area (Å²) in [4.78, 5) is 0. The molecule has 0 aromatic heterocycles. The van der Waals surface area contributed by atoms with Crippen LogP contribution in [-0.4, -0.2) is 43.1 Å². The first-order valence-corrected chi connectivity index (χ1v) is 6.23. The van der Waals surface area contributed by atoms with Crippen LogP contribution in [0.15, 0.2) is 0 Å². The van der Waals surface area contributed by atoms with E-state index < -0.39 is 22.0 Å². The van der Waals surface area contributed by atoms with Crippen LogP contribution in [0.3, 0.4) is 0 Å². The van der Waals surface area contributed by atoms with Crippen LogP contribution in [0.5, 0.6) is 0 Å². The Balaban J connectivity index is 0. The Morgan fingerprint density at radius 3 is 2.47 bits per heavy atom. The molecule has 0 radical (unpaired) electrons. The molecule has 0 aliphatic rings. The van der Waals surface area contributed by atoms with Gasteiger partial charge in [-0.2, -0.15) is 0 Å². The predicted octanol–water partition coefficient (Wildman–Crippen LogP) is -2.90. The van der Waals surface area contributed by atoms with E-state index in [0.29, 0.717) is 6.61 Å². The van der Waals surface area contributed by atoms with Crippen molar-refractivity contribution >= 4 is 10.1 Å². The van der Waals surface area contributed by atoms with Crippen LogP contribution in [0, 0.1) is 0 Å². The van der Waals surface area contributed by atoms with Crippen molar-refractivity contribution in [3.8, 4) is 0 Å². The number of hydrogen-bond donors (Lipinski definition) is 1. The molecule has 1 unspecified atom stereocenters. The van der Waals surface area contributed by atoms with Gasteiger partial charge in [-0.3, -0.25) is 0 Å². The normalized spacial score (nSPS) is 13.3. The first kappa shape index (κ1) is 18.2. The van der Waals surface area contributed by atoms with Crippen LogP contribution >= 0.6 is 0 Å². The maximum Gasteiger partial charge on any atom is 1.00 e. The van der Waals surface area contributed by atoms with Gasteiger partial charge in [-0.1, -0.05) is 19.8 Å². The number of ether oxygens (including phenoxy) is 1. The van der Waals surface area contributed by atoms with Gasteiger partial charge in [0.25, 0.3) is 0 Å². The minimum Gasteiger partial charge on any atom is -0.748 e. The Bertz CT molecular complexity index is 229. The molecule has 0 rings (SSSR count). The van der Waals surface area contributed by atoms with Crippen LogP contribution < -0.4 is 29.6 Å². The molecule has 15 heavy (non-hydrogen) atoms. The fourth-order valence-corrected chi connectivity index (χ4v) is 1.52. The van der Waals surface area contributed by atoms with Crippen molar-refractivity contribution in [2.24, 2.45) is 0 Å². The Kier molecular flexibility index (Phi) is 12.2. The molecule has 0 heterocycles. The molecule has 0 amide bonds. The van der Waals surface area contributed by atoms with Gasteiger partial charge in [-0.15, -0.1) is 0 Å². The Morgan fingerprint density at radius 2 is 2.00 bits per heavy atom. The molecule has 0 saturated heterocycles. The van der Waals surface area contributed by atoms with Gasteiger partial charge in [0.15, 0.2) is 0 Å². The van der Waals surface area contributed by atoms with Crippen LogP contribution in [0.4, 0.5) is 0 Å². The minimum absolute atomic E-state index is 0. The van der Waals surface area contributed by atoms with Crippen molar-refractivity contribution in [3.63, 3.8) is 0 Å². The van der Waals surface area contributed by atoms with Gasteiger partial charge in [-0.25, -0.2) is 8.42 Å². The third-order valence-corrected chi connectivity index (χ3v) is 2.39. The van der Waals surface area contributed by atoms with E-state index in [1.807, 2.05) is 0 Å². The van der Waals surface area contributed by atoms with E-state index in [9.17, 15) is 13.0 Å². The fraction of sp³-hybridized carbons (Fsp3) is 1.00. The van der Waals surface area contributed by atoms with Crippen molar-refractivity contribution in [3.05, 3.63) is 0 Å². The Hall–Kier alpha value is 0.830. The molecule has 1 N–H and O–H groups in total. The van der Waals surface area contributed by atoms with Gasteiger partial charge < -0.3 is 14.4 Å². The topological polar surface area (TPSA) is 86.7 Å². The predicted molar refractivity (Wildman–Crippen MR) is 50.9 cm³/mol. The molecule has 0 spiro atoms. The van der Waals surface area contributed by atoms with Crippen LogP contribution in [-0.2, 0) is 14.9 Å². The third kappa shape index (κ3) is 14.8. The fourth-order valence-electron chi connectivity index (χ4n) is 0.957. The largest absolute Gasteiger partial charge is 1.00 e. The first-order valence-electron chi connectivity index (χ1n) is 4.65. The van der Waals surface area contributed by atoms with E-state index >= 15 is 0 Å². The second-order valence-corrected chi connectivity index (χ2v) is 4.61. The van der Waals surface area contributed by atoms with Crippen LogP contribution in [0.25, 0.3) is 0 Å². The van der Waals surface area contributed by atoms with Gasteiger partial charge in [0.1, 0.15) is 0 Å². The molecule has 0 saturated carbocycles. The summed E-state index contributed by atoms with van der Waals surface area (Å²) in [7, 11) is -4.35. The summed E-state index contributed by atoms with van der Waals surface area (Å²) in [5.41, 5.74) is 0. The van der Waals surface area contributed by atoms with E-state index in [2.05, 4.69) is 6.92 Å². The second-order valence-electron chi connectivity index (χ2n) is 3.16. The summed E-state index contributed by atoms with van der Waals surface area (Å²) < 4.78 is 35.6. The minimum atomic E-state index is -4.35. The van der Waals surface area contributed by atoms with E-state index in [-0.39, 0.29) is 36.2 Å². The van der Waals surface area contributed by atoms with Crippen molar-refractivity contribution in [2.45, 2.75) is 32.3 Å². The summed E-state index contributed by atoms with van der Waals surface area (Å²) in [6.45, 7) is 2.45. The monoisotopic (exact) mass is 248 g/mol. The zero-order valence-electron chi connectivity index (χ0n) is 9.31. The Morgan fingerprint density at radius 1 is 1.40 bits per heavy atom. The van der Waals surface area contributed by atoms with Gasteiger partial charge in [0.2, 0.25) is 0 Å². The summed E-state index contributed by atoms with van der Waals surface area (Å²) in [6.07, 6.45) is 1.78. The smallest absolute Gasteiger partial charge is 0.748 e. The third-order valence-electron chi connectivity index (χ3n) is 1.60. The molecule has 7 heteroatoms. The standard InChI is InChI=1S/C8H18O5S.Na/c1-2-3-4-5-13-6-8(9)7-14(10,11)12;/h8-9H,2-7H2,1H3,(H,10,11,12);/q;+1/p-1. The number of unbranched alkanes of at least 4 members (excludes halogenated alkanes) is 2. The quantitative estimate of drug-likeness (QED) is 0.283. The van der Waals surface area contributed by atoms with Crippen molar-refractivity contribution in [1.82, 2.24) is 0 Å². The molecule has 0 aromatic carbocycles. The SMILES string of the molecule is CCCCCOCC(O)CS(=O)(=O)[O-].[Na+].